The van der Waals surface area contributed by atoms with Crippen molar-refractivity contribution in [1.29, 1.82) is 0 Å². The van der Waals surface area contributed by atoms with Gasteiger partial charge in [0, 0.05) is 19.3 Å². The maximum Gasteiger partial charge on any atom is 0.472 e. The molecule has 0 aliphatic rings. The number of hydrogen-bond acceptors (Lipinski definition) is 10. The molecule has 3 atom stereocenters. The standard InChI is InChI=1S/C56H99O11P/c1-4-7-10-13-16-19-22-24-25-26-27-29-32-35-38-41-44-47-56(60)67-53(49-63-54(58)45-42-39-36-33-31-28-23-20-17-14-11-8-5-2)51-65-68(61,62)64-50-52(48-57)66-55(59)46-43-40-37-34-30-21-18-15-12-9-6-3/h7,10,16,19-20,23-25,27,29,52-53,57H,4-6,8-9,11-15,17-18,21-22,26,28,30-51H2,1-3H3,(H,61,62)/b10-7-,19-16-,23-20-,25-24-,29-27-. The van der Waals surface area contributed by atoms with Crippen LogP contribution in [-0.4, -0.2) is 66.5 Å². The lowest BCUT2D eigenvalue weighted by molar-refractivity contribution is -0.161. The van der Waals surface area contributed by atoms with Crippen LogP contribution in [0.4, 0.5) is 0 Å². The Bertz CT molecular complexity index is 1370. The SMILES string of the molecule is CC/C=C\C/C=C\C/C=C\C/C=C\CCCCCCC(=O)OC(COC(=O)CCCCCCC/C=C\CCCCCC)COP(=O)(O)OCC(CO)OC(=O)CCCCCCCCCCCCC. The van der Waals surface area contributed by atoms with E-state index < -0.39 is 57.8 Å². The van der Waals surface area contributed by atoms with Gasteiger partial charge in [0.2, 0.25) is 0 Å². The average molecular weight is 979 g/mol. The number of carbonyl (C=O) groups is 3. The summed E-state index contributed by atoms with van der Waals surface area (Å²) in [6.45, 7) is 4.47. The molecule has 0 amide bonds. The van der Waals surface area contributed by atoms with Crippen LogP contribution in [0.25, 0.3) is 0 Å². The first kappa shape index (κ1) is 65.2. The van der Waals surface area contributed by atoms with E-state index in [1.165, 1.54) is 70.6 Å². The van der Waals surface area contributed by atoms with Gasteiger partial charge in [-0.3, -0.25) is 23.4 Å². The summed E-state index contributed by atoms with van der Waals surface area (Å²) in [5, 5.41) is 9.77. The molecule has 3 unspecified atom stereocenters. The number of ether oxygens (including phenoxy) is 3. The molecule has 394 valence electrons. The Kier molecular flexibility index (Phi) is 48.5. The van der Waals surface area contributed by atoms with Gasteiger partial charge < -0.3 is 24.2 Å². The van der Waals surface area contributed by atoms with Crippen molar-refractivity contribution in [2.24, 2.45) is 0 Å². The van der Waals surface area contributed by atoms with Crippen molar-refractivity contribution in [3.05, 3.63) is 60.8 Å². The summed E-state index contributed by atoms with van der Waals surface area (Å²) in [4.78, 5) is 48.4. The largest absolute Gasteiger partial charge is 0.472 e. The molecule has 2 N–H and O–H groups in total. The van der Waals surface area contributed by atoms with Crippen LogP contribution in [-0.2, 0) is 42.2 Å². The minimum absolute atomic E-state index is 0.138. The Balaban J connectivity index is 4.79. The van der Waals surface area contributed by atoms with Gasteiger partial charge in [-0.1, -0.05) is 197 Å². The van der Waals surface area contributed by atoms with Crippen LogP contribution in [0.3, 0.4) is 0 Å². The number of allylic oxidation sites excluding steroid dienone is 10. The minimum atomic E-state index is -4.75. The molecule has 0 rings (SSSR count). The number of esters is 3. The van der Waals surface area contributed by atoms with Crippen molar-refractivity contribution in [2.75, 3.05) is 26.4 Å². The minimum Gasteiger partial charge on any atom is -0.462 e. The molecule has 11 nitrogen and oxygen atoms in total. The van der Waals surface area contributed by atoms with Gasteiger partial charge in [0.25, 0.3) is 0 Å². The lowest BCUT2D eigenvalue weighted by Crippen LogP contribution is -2.30. The maximum absolute atomic E-state index is 12.9. The molecule has 68 heavy (non-hydrogen) atoms. The molecule has 0 aliphatic heterocycles. The molecular weight excluding hydrogens is 880 g/mol. The highest BCUT2D eigenvalue weighted by atomic mass is 31.2. The summed E-state index contributed by atoms with van der Waals surface area (Å²) in [7, 11) is -4.75. The Morgan fingerprint density at radius 3 is 1.21 bits per heavy atom. The van der Waals surface area contributed by atoms with E-state index in [2.05, 4.69) is 81.5 Å². The molecule has 0 bridgehead atoms. The van der Waals surface area contributed by atoms with E-state index in [-0.39, 0.29) is 25.9 Å². The number of hydrogen-bond donors (Lipinski definition) is 2. The Morgan fingerprint density at radius 2 is 0.765 bits per heavy atom. The van der Waals surface area contributed by atoms with Crippen molar-refractivity contribution in [2.45, 2.75) is 251 Å². The van der Waals surface area contributed by atoms with Crippen LogP contribution in [0.5, 0.6) is 0 Å². The summed E-state index contributed by atoms with van der Waals surface area (Å²) in [6, 6.07) is 0. The van der Waals surface area contributed by atoms with Crippen LogP contribution >= 0.6 is 7.82 Å². The fraction of sp³-hybridized carbons (Fsp3) is 0.768. The van der Waals surface area contributed by atoms with Crippen molar-refractivity contribution in [3.63, 3.8) is 0 Å². The first-order chi connectivity index (χ1) is 33.2. The van der Waals surface area contributed by atoms with E-state index in [0.29, 0.717) is 19.3 Å². The number of phosphoric ester groups is 1. The molecule has 0 aromatic heterocycles. The summed E-state index contributed by atoms with van der Waals surface area (Å²) in [5.74, 6) is -1.50. The molecule has 12 heteroatoms. The summed E-state index contributed by atoms with van der Waals surface area (Å²) >= 11 is 0. The van der Waals surface area contributed by atoms with Crippen molar-refractivity contribution in [1.82, 2.24) is 0 Å². The van der Waals surface area contributed by atoms with Gasteiger partial charge in [-0.2, -0.15) is 0 Å². The van der Waals surface area contributed by atoms with Gasteiger partial charge in [0.05, 0.1) is 19.8 Å². The van der Waals surface area contributed by atoms with E-state index in [4.69, 9.17) is 23.3 Å². The number of aliphatic hydroxyl groups excluding tert-OH is 1. The topological polar surface area (TPSA) is 155 Å². The number of phosphoric acid groups is 1. The van der Waals surface area contributed by atoms with Gasteiger partial charge in [0.1, 0.15) is 12.7 Å². The highest BCUT2D eigenvalue weighted by Crippen LogP contribution is 2.43. The summed E-state index contributed by atoms with van der Waals surface area (Å²) < 4.78 is 39.4. The summed E-state index contributed by atoms with van der Waals surface area (Å²) in [5.41, 5.74) is 0. The first-order valence-corrected chi connectivity index (χ1v) is 28.7. The fourth-order valence-corrected chi connectivity index (χ4v) is 8.07. The first-order valence-electron chi connectivity index (χ1n) is 27.2. The quantitative estimate of drug-likeness (QED) is 0.0197. The van der Waals surface area contributed by atoms with Crippen molar-refractivity contribution in [3.8, 4) is 0 Å². The van der Waals surface area contributed by atoms with Gasteiger partial charge in [0.15, 0.2) is 6.10 Å². The zero-order valence-corrected chi connectivity index (χ0v) is 44.2. The number of rotatable bonds is 50. The second-order valence-corrected chi connectivity index (χ2v) is 19.5. The second kappa shape index (κ2) is 50.6. The average Bonchev–Trinajstić information content (AvgIpc) is 3.32. The highest BCUT2D eigenvalue weighted by Gasteiger charge is 2.28. The molecule has 0 saturated carbocycles. The molecule has 0 aliphatic carbocycles. The van der Waals surface area contributed by atoms with Crippen LogP contribution < -0.4 is 0 Å². The molecule has 0 aromatic rings. The van der Waals surface area contributed by atoms with Crippen LogP contribution in [0.1, 0.15) is 239 Å². The maximum atomic E-state index is 12.9. The normalized spacial score (nSPS) is 13.9. The fourth-order valence-electron chi connectivity index (χ4n) is 7.28. The lowest BCUT2D eigenvalue weighted by atomic mass is 10.1. The van der Waals surface area contributed by atoms with Gasteiger partial charge in [-0.05, 0) is 83.5 Å². The molecule has 0 spiro atoms. The van der Waals surface area contributed by atoms with Gasteiger partial charge in [-0.25, -0.2) is 4.57 Å². The van der Waals surface area contributed by atoms with E-state index in [1.807, 2.05) is 0 Å². The van der Waals surface area contributed by atoms with E-state index in [9.17, 15) is 28.9 Å². The molecule has 0 fully saturated rings. The summed E-state index contributed by atoms with van der Waals surface area (Å²) in [6.07, 6.45) is 53.3. The van der Waals surface area contributed by atoms with E-state index >= 15 is 0 Å². The van der Waals surface area contributed by atoms with Crippen molar-refractivity contribution >= 4 is 25.7 Å². The van der Waals surface area contributed by atoms with E-state index in [1.54, 1.807) is 0 Å². The zero-order valence-electron chi connectivity index (χ0n) is 43.3. The second-order valence-electron chi connectivity index (χ2n) is 18.0. The predicted molar refractivity (Wildman–Crippen MR) is 279 cm³/mol. The highest BCUT2D eigenvalue weighted by molar-refractivity contribution is 7.47. The molecule has 0 heterocycles. The number of carbonyl (C=O) groups excluding carboxylic acids is 3. The zero-order chi connectivity index (χ0) is 49.9. The molecular formula is C56H99O11P. The lowest BCUT2D eigenvalue weighted by Gasteiger charge is -2.21. The molecule has 0 aromatic carbocycles. The van der Waals surface area contributed by atoms with Gasteiger partial charge >= 0.3 is 25.7 Å². The smallest absolute Gasteiger partial charge is 0.462 e. The third-order valence-electron chi connectivity index (χ3n) is 11.4. The van der Waals surface area contributed by atoms with Crippen LogP contribution in [0.2, 0.25) is 0 Å². The Labute approximate surface area is 415 Å². The Morgan fingerprint density at radius 1 is 0.426 bits per heavy atom. The van der Waals surface area contributed by atoms with Crippen molar-refractivity contribution < 1.29 is 52.2 Å². The Hall–Kier alpha value is -2.82. The van der Waals surface area contributed by atoms with E-state index in [0.717, 1.165) is 109 Å². The monoisotopic (exact) mass is 979 g/mol. The molecule has 0 saturated heterocycles. The third kappa shape index (κ3) is 48.2. The molecule has 0 radical (unpaired) electrons. The third-order valence-corrected chi connectivity index (χ3v) is 12.4. The van der Waals surface area contributed by atoms with Crippen LogP contribution in [0, 0.1) is 0 Å². The number of unbranched alkanes of at least 4 members (excludes halogenated alkanes) is 23. The number of aliphatic hydroxyl groups is 1. The predicted octanol–water partition coefficient (Wildman–Crippen LogP) is 15.6. The van der Waals surface area contributed by atoms with Crippen LogP contribution in [0.15, 0.2) is 60.8 Å². The van der Waals surface area contributed by atoms with Gasteiger partial charge in [-0.15, -0.1) is 0 Å².